The van der Waals surface area contributed by atoms with Crippen LogP contribution in [0.3, 0.4) is 0 Å². The molecule has 1 aliphatic heterocycles. The minimum Gasteiger partial charge on any atom is -0.870 e. The Morgan fingerprint density at radius 1 is 0.919 bits per heavy atom. The third-order valence-electron chi connectivity index (χ3n) is 3.83. The van der Waals surface area contributed by atoms with E-state index >= 15 is 0 Å². The number of ether oxygens (including phenoxy) is 1. The molecule has 0 radical (unpaired) electrons. The number of aromatic carboxylic acids is 1. The average Bonchev–Trinajstić information content (AvgIpc) is 2.66. The Kier molecular flexibility index (Phi) is 29.5. The third-order valence-corrected chi connectivity index (χ3v) is 3.83. The second kappa shape index (κ2) is 24.8. The molecule has 2 rings (SSSR count). The number of carboxylic acid groups (broad SMARTS) is 2. The standard InChI is InChI=1S/C8H12O4.C7H6O3.C5H8O2.C3H4O2.CH4.Na.H2O/c1-5(9)7(6(2)10)3-4-8(11)12;8-6-4-2-1-3-5(6)7(9)10;1-4(6)3-5(2)7;4-3-1-2-5-3;;;/h7H,3-4H2,1-2H3,(H,11,12);1-4,8H,(H,9,10);3H2,1-2H3;1-2H2;1H4;;1H2/q;;;;;+1;/p-1. The van der Waals surface area contributed by atoms with Gasteiger partial charge in [-0.2, -0.15) is 0 Å². The minimum absolute atomic E-state index is 0. The van der Waals surface area contributed by atoms with Gasteiger partial charge in [0.05, 0.1) is 18.8 Å². The van der Waals surface area contributed by atoms with Crippen LogP contribution in [-0.4, -0.2) is 68.4 Å². The number of hydrogen-bond acceptors (Lipinski definition) is 10. The molecule has 0 spiro atoms. The number of phenols is 1. The number of Topliss-reactive ketones (excluding diaryl/α,β-unsaturated/α-hetero) is 4. The summed E-state index contributed by atoms with van der Waals surface area (Å²) in [5, 5.41) is 25.6. The molecular weight excluding hydrogens is 503 g/mol. The first-order chi connectivity index (χ1) is 15.7. The molecule has 0 aromatic heterocycles. The molecule has 1 heterocycles. The van der Waals surface area contributed by atoms with Gasteiger partial charge in [0.1, 0.15) is 41.1 Å². The van der Waals surface area contributed by atoms with Crippen LogP contribution in [0.5, 0.6) is 5.75 Å². The van der Waals surface area contributed by atoms with Crippen molar-refractivity contribution in [3.8, 4) is 5.75 Å². The minimum atomic E-state index is -1.11. The van der Waals surface area contributed by atoms with E-state index < -0.39 is 17.9 Å². The molecule has 0 unspecified atom stereocenters. The zero-order valence-corrected chi connectivity index (χ0v) is 23.0. The summed E-state index contributed by atoms with van der Waals surface area (Å²) in [5.74, 6) is -3.74. The van der Waals surface area contributed by atoms with Gasteiger partial charge in [-0.3, -0.25) is 28.8 Å². The molecule has 1 aromatic carbocycles. The van der Waals surface area contributed by atoms with Gasteiger partial charge in [0.15, 0.2) is 0 Å². The molecule has 1 fully saturated rings. The summed E-state index contributed by atoms with van der Waals surface area (Å²) in [4.78, 5) is 71.7. The van der Waals surface area contributed by atoms with Crippen LogP contribution in [0.15, 0.2) is 24.3 Å². The quantitative estimate of drug-likeness (QED) is 0.220. The average molecular weight is 539 g/mol. The number of hydrogen-bond donors (Lipinski definition) is 3. The molecular formula is C24H35NaO12. The van der Waals surface area contributed by atoms with Gasteiger partial charge in [0.25, 0.3) is 0 Å². The Morgan fingerprint density at radius 3 is 1.51 bits per heavy atom. The Labute approximate surface area is 238 Å². The summed E-state index contributed by atoms with van der Waals surface area (Å²) in [5.41, 5.74) is -0.0671. The van der Waals surface area contributed by atoms with Crippen LogP contribution >= 0.6 is 0 Å². The normalized spacial score (nSPS) is 10.0. The maximum absolute atomic E-state index is 10.8. The first kappa shape index (κ1) is 44.1. The molecule has 1 aromatic rings. The third kappa shape index (κ3) is 26.0. The predicted octanol–water partition coefficient (Wildman–Crippen LogP) is -0.313. The van der Waals surface area contributed by atoms with E-state index in [1.54, 1.807) is 12.1 Å². The van der Waals surface area contributed by atoms with E-state index in [0.717, 1.165) is 0 Å². The van der Waals surface area contributed by atoms with Gasteiger partial charge in [-0.05, 0) is 46.2 Å². The molecule has 0 saturated carbocycles. The number of ketones is 4. The topological polar surface area (TPSA) is 219 Å². The van der Waals surface area contributed by atoms with Crippen LogP contribution in [0.4, 0.5) is 0 Å². The first-order valence-electron chi connectivity index (χ1n) is 10.1. The largest absolute Gasteiger partial charge is 1.00 e. The maximum atomic E-state index is 10.8. The SMILES string of the molecule is C.CC(=O)C(CCC(=O)O)C(C)=O.CC(=O)CC(C)=O.O=C(O)c1ccccc1O.O=C1CCO1.[Na+].[OH-]. The fourth-order valence-electron chi connectivity index (χ4n) is 2.15. The van der Waals surface area contributed by atoms with E-state index in [4.69, 9.17) is 15.3 Å². The molecule has 0 aliphatic carbocycles. The summed E-state index contributed by atoms with van der Waals surface area (Å²) in [6.07, 6.45) is 0.684. The number of esters is 1. The molecule has 0 bridgehead atoms. The molecule has 37 heavy (non-hydrogen) atoms. The van der Waals surface area contributed by atoms with E-state index in [1.807, 2.05) is 0 Å². The number of rotatable bonds is 8. The fraction of sp³-hybridized carbons (Fsp3) is 0.458. The van der Waals surface area contributed by atoms with Gasteiger partial charge in [0, 0.05) is 6.42 Å². The number of carboxylic acids is 2. The summed E-state index contributed by atoms with van der Waals surface area (Å²) in [6.45, 7) is 6.05. The second-order valence-electron chi connectivity index (χ2n) is 7.08. The molecule has 13 heteroatoms. The smallest absolute Gasteiger partial charge is 0.870 e. The van der Waals surface area contributed by atoms with E-state index in [-0.39, 0.29) is 102 Å². The van der Waals surface area contributed by atoms with Crippen molar-refractivity contribution in [3.05, 3.63) is 29.8 Å². The van der Waals surface area contributed by atoms with Crippen molar-refractivity contribution in [2.45, 2.75) is 60.8 Å². The Hall–Kier alpha value is -2.93. The van der Waals surface area contributed by atoms with Crippen LogP contribution < -0.4 is 29.6 Å². The number of aromatic hydroxyl groups is 1. The molecule has 1 aliphatic rings. The Balaban J connectivity index is -0.000000124. The van der Waals surface area contributed by atoms with Crippen molar-refractivity contribution in [2.75, 3.05) is 6.61 Å². The van der Waals surface area contributed by atoms with E-state index in [2.05, 4.69) is 4.74 Å². The summed E-state index contributed by atoms with van der Waals surface area (Å²) in [6, 6.07) is 5.81. The van der Waals surface area contributed by atoms with Crippen molar-refractivity contribution in [3.63, 3.8) is 0 Å². The number of aliphatic carboxylic acids is 1. The predicted molar refractivity (Wildman–Crippen MR) is 127 cm³/mol. The van der Waals surface area contributed by atoms with Crippen LogP contribution in [0.1, 0.15) is 71.2 Å². The number of carbonyl (C=O) groups excluding carboxylic acids is 5. The zero-order valence-electron chi connectivity index (χ0n) is 21.0. The number of para-hydroxylation sites is 1. The van der Waals surface area contributed by atoms with E-state index in [1.165, 1.54) is 39.8 Å². The van der Waals surface area contributed by atoms with Gasteiger partial charge < -0.3 is 25.5 Å². The van der Waals surface area contributed by atoms with Gasteiger partial charge in [-0.15, -0.1) is 0 Å². The number of cyclic esters (lactones) is 1. The molecule has 0 amide bonds. The van der Waals surface area contributed by atoms with Gasteiger partial charge in [-0.1, -0.05) is 19.6 Å². The Bertz CT molecular complexity index is 863. The van der Waals surface area contributed by atoms with Gasteiger partial charge in [-0.25, -0.2) is 4.79 Å². The van der Waals surface area contributed by atoms with Crippen LogP contribution in [0.25, 0.3) is 0 Å². The van der Waals surface area contributed by atoms with E-state index in [0.29, 0.717) is 13.0 Å². The first-order valence-corrected chi connectivity index (χ1v) is 10.1. The number of benzene rings is 1. The molecule has 12 nitrogen and oxygen atoms in total. The molecule has 4 N–H and O–H groups in total. The van der Waals surface area contributed by atoms with Gasteiger partial charge >= 0.3 is 47.5 Å². The zero-order chi connectivity index (χ0) is 26.8. The summed E-state index contributed by atoms with van der Waals surface area (Å²) >= 11 is 0. The van der Waals surface area contributed by atoms with E-state index in [9.17, 15) is 33.6 Å². The van der Waals surface area contributed by atoms with Crippen molar-refractivity contribution in [1.82, 2.24) is 0 Å². The monoisotopic (exact) mass is 538 g/mol. The van der Waals surface area contributed by atoms with Crippen LogP contribution in [0, 0.1) is 5.92 Å². The molecule has 204 valence electrons. The summed E-state index contributed by atoms with van der Waals surface area (Å²) < 4.78 is 4.29. The fourth-order valence-corrected chi connectivity index (χ4v) is 2.15. The van der Waals surface area contributed by atoms with Crippen molar-refractivity contribution in [2.24, 2.45) is 5.92 Å². The van der Waals surface area contributed by atoms with Crippen molar-refractivity contribution in [1.29, 1.82) is 0 Å². The van der Waals surface area contributed by atoms with Gasteiger partial charge in [0.2, 0.25) is 0 Å². The van der Waals surface area contributed by atoms with Crippen LogP contribution in [0.2, 0.25) is 0 Å². The number of carbonyl (C=O) groups is 7. The molecule has 1 saturated heterocycles. The van der Waals surface area contributed by atoms with Crippen molar-refractivity contribution >= 4 is 41.0 Å². The van der Waals surface area contributed by atoms with Crippen LogP contribution in [-0.2, 0) is 33.5 Å². The molecule has 0 atom stereocenters. The second-order valence-corrected chi connectivity index (χ2v) is 7.08. The maximum Gasteiger partial charge on any atom is 1.00 e. The Morgan fingerprint density at radius 2 is 1.32 bits per heavy atom. The van der Waals surface area contributed by atoms with Crippen molar-refractivity contribution < 1.29 is 88.7 Å². The summed E-state index contributed by atoms with van der Waals surface area (Å²) in [7, 11) is 0.